The Balaban J connectivity index is 2.48. The largest absolute Gasteiger partial charge is 0.490 e. The van der Waals surface area contributed by atoms with Crippen LogP contribution in [0.3, 0.4) is 0 Å². The first-order valence-corrected chi connectivity index (χ1v) is 8.82. The summed E-state index contributed by atoms with van der Waals surface area (Å²) in [5, 5.41) is 24.3. The number of nitro groups is 1. The molecule has 1 aromatic carbocycles. The molecular weight excluding hydrogens is 346 g/mol. The second kappa shape index (κ2) is 8.47. The van der Waals surface area contributed by atoms with Crippen LogP contribution in [0.25, 0.3) is 0 Å². The Hall–Kier alpha value is -2.62. The predicted octanol–water partition coefficient (Wildman–Crippen LogP) is 2.90. The Morgan fingerprint density at radius 3 is 2.64 bits per heavy atom. The van der Waals surface area contributed by atoms with Crippen molar-refractivity contribution in [1.82, 2.24) is 14.9 Å². The Bertz CT molecular complexity index is 790. The van der Waals surface area contributed by atoms with Crippen molar-refractivity contribution in [2.24, 2.45) is 5.10 Å². The summed E-state index contributed by atoms with van der Waals surface area (Å²) < 4.78 is 12.5. The summed E-state index contributed by atoms with van der Waals surface area (Å²) in [6.07, 6.45) is 3.37. The molecule has 0 fully saturated rings. The molecule has 134 valence electrons. The van der Waals surface area contributed by atoms with Crippen LogP contribution in [0, 0.1) is 17.0 Å². The molecule has 0 radical (unpaired) electrons. The van der Waals surface area contributed by atoms with E-state index in [0.717, 1.165) is 0 Å². The number of hydrogen-bond acceptors (Lipinski definition) is 8. The van der Waals surface area contributed by atoms with E-state index in [2.05, 4.69) is 15.3 Å². The van der Waals surface area contributed by atoms with E-state index < -0.39 is 4.92 Å². The van der Waals surface area contributed by atoms with Gasteiger partial charge in [0.05, 0.1) is 24.4 Å². The highest BCUT2D eigenvalue weighted by Gasteiger charge is 2.22. The highest BCUT2D eigenvalue weighted by molar-refractivity contribution is 7.98. The van der Waals surface area contributed by atoms with E-state index in [9.17, 15) is 10.1 Å². The normalized spacial score (nSPS) is 11.0. The minimum absolute atomic E-state index is 0.122. The number of thioether (sulfide) groups is 1. The number of benzene rings is 1. The number of nitro benzene ring substituents is 1. The van der Waals surface area contributed by atoms with Crippen molar-refractivity contribution in [3.05, 3.63) is 33.6 Å². The standard InChI is InChI=1S/C15H19N5O4S/c1-5-23-13-8-11(7-12(20(21)22)14(13)24-6-2)9-16-19-10(3)17-18-15(19)25-4/h7-9H,5-6H2,1-4H3/b16-9-. The van der Waals surface area contributed by atoms with Gasteiger partial charge in [-0.2, -0.15) is 9.78 Å². The van der Waals surface area contributed by atoms with Crippen LogP contribution in [0.2, 0.25) is 0 Å². The molecule has 0 aliphatic heterocycles. The molecule has 1 heterocycles. The van der Waals surface area contributed by atoms with Crippen molar-refractivity contribution in [2.45, 2.75) is 25.9 Å². The Labute approximate surface area is 149 Å². The van der Waals surface area contributed by atoms with E-state index >= 15 is 0 Å². The molecule has 2 aromatic rings. The van der Waals surface area contributed by atoms with Gasteiger partial charge in [-0.15, -0.1) is 10.2 Å². The van der Waals surface area contributed by atoms with Gasteiger partial charge < -0.3 is 9.47 Å². The van der Waals surface area contributed by atoms with E-state index in [1.54, 1.807) is 31.5 Å². The quantitative estimate of drug-likeness (QED) is 0.306. The maximum absolute atomic E-state index is 11.4. The molecule has 10 heteroatoms. The third-order valence-electron chi connectivity index (χ3n) is 3.12. The number of aryl methyl sites for hydroxylation is 1. The third kappa shape index (κ3) is 4.27. The summed E-state index contributed by atoms with van der Waals surface area (Å²) in [5.41, 5.74) is 0.346. The smallest absolute Gasteiger partial charge is 0.315 e. The van der Waals surface area contributed by atoms with Gasteiger partial charge >= 0.3 is 5.69 Å². The Morgan fingerprint density at radius 2 is 2.04 bits per heavy atom. The van der Waals surface area contributed by atoms with Gasteiger partial charge in [-0.1, -0.05) is 11.8 Å². The molecule has 1 aromatic heterocycles. The number of rotatable bonds is 8. The van der Waals surface area contributed by atoms with Gasteiger partial charge in [0, 0.05) is 11.6 Å². The summed E-state index contributed by atoms with van der Waals surface area (Å²) in [4.78, 5) is 10.9. The molecule has 0 saturated heterocycles. The van der Waals surface area contributed by atoms with Gasteiger partial charge in [0.25, 0.3) is 0 Å². The molecule has 0 atom stereocenters. The van der Waals surface area contributed by atoms with Gasteiger partial charge in [-0.05, 0) is 33.1 Å². The monoisotopic (exact) mass is 365 g/mol. The molecule has 9 nitrogen and oxygen atoms in total. The van der Waals surface area contributed by atoms with Crippen molar-refractivity contribution in [3.8, 4) is 11.5 Å². The summed E-state index contributed by atoms with van der Waals surface area (Å²) in [6, 6.07) is 3.05. The fourth-order valence-corrected chi connectivity index (χ4v) is 2.57. The SMILES string of the molecule is CCOc1cc(/C=N\n2c(C)nnc2SC)cc([N+](=O)[O-])c1OCC. The number of aromatic nitrogens is 3. The minimum atomic E-state index is -0.498. The fourth-order valence-electron chi connectivity index (χ4n) is 2.09. The molecule has 0 bridgehead atoms. The molecule has 25 heavy (non-hydrogen) atoms. The first-order valence-electron chi connectivity index (χ1n) is 7.60. The van der Waals surface area contributed by atoms with Crippen LogP contribution in [-0.4, -0.2) is 45.5 Å². The van der Waals surface area contributed by atoms with Crippen molar-refractivity contribution < 1.29 is 14.4 Å². The molecule has 0 saturated carbocycles. The van der Waals surface area contributed by atoms with E-state index in [1.165, 1.54) is 24.0 Å². The second-order valence-corrected chi connectivity index (χ2v) is 5.55. The lowest BCUT2D eigenvalue weighted by Gasteiger charge is -2.11. The van der Waals surface area contributed by atoms with Crippen LogP contribution in [0.15, 0.2) is 22.4 Å². The zero-order valence-electron chi connectivity index (χ0n) is 14.4. The maximum Gasteiger partial charge on any atom is 0.315 e. The van der Waals surface area contributed by atoms with Crippen LogP contribution in [0.4, 0.5) is 5.69 Å². The topological polar surface area (TPSA) is 105 Å². The van der Waals surface area contributed by atoms with Crippen molar-refractivity contribution in [2.75, 3.05) is 19.5 Å². The summed E-state index contributed by atoms with van der Waals surface area (Å²) in [5.74, 6) is 1.05. The van der Waals surface area contributed by atoms with Crippen LogP contribution in [0.1, 0.15) is 25.2 Å². The zero-order valence-corrected chi connectivity index (χ0v) is 15.2. The van der Waals surface area contributed by atoms with E-state index in [0.29, 0.717) is 35.5 Å². The summed E-state index contributed by atoms with van der Waals surface area (Å²) >= 11 is 1.40. The minimum Gasteiger partial charge on any atom is -0.490 e. The van der Waals surface area contributed by atoms with Gasteiger partial charge in [0.2, 0.25) is 10.9 Å². The maximum atomic E-state index is 11.4. The first kappa shape index (κ1) is 18.7. The zero-order chi connectivity index (χ0) is 18.4. The summed E-state index contributed by atoms with van der Waals surface area (Å²) in [6.45, 7) is 5.99. The van der Waals surface area contributed by atoms with Crippen molar-refractivity contribution in [3.63, 3.8) is 0 Å². The molecule has 0 aliphatic rings. The van der Waals surface area contributed by atoms with Gasteiger partial charge in [-0.25, -0.2) is 0 Å². The molecule has 0 unspecified atom stereocenters. The van der Waals surface area contributed by atoms with E-state index in [-0.39, 0.29) is 11.4 Å². The number of hydrogen-bond donors (Lipinski definition) is 0. The van der Waals surface area contributed by atoms with Crippen LogP contribution < -0.4 is 9.47 Å². The highest BCUT2D eigenvalue weighted by Crippen LogP contribution is 2.38. The van der Waals surface area contributed by atoms with Gasteiger partial charge in [0.1, 0.15) is 0 Å². The Morgan fingerprint density at radius 1 is 1.32 bits per heavy atom. The predicted molar refractivity (Wildman–Crippen MR) is 95.0 cm³/mol. The lowest BCUT2D eigenvalue weighted by Crippen LogP contribution is -2.04. The van der Waals surface area contributed by atoms with Crippen LogP contribution in [0.5, 0.6) is 11.5 Å². The van der Waals surface area contributed by atoms with E-state index in [1.807, 2.05) is 6.26 Å². The molecule has 0 N–H and O–H groups in total. The van der Waals surface area contributed by atoms with Crippen molar-refractivity contribution >= 4 is 23.7 Å². The number of ether oxygens (including phenoxy) is 2. The fraction of sp³-hybridized carbons (Fsp3) is 0.400. The molecule has 0 amide bonds. The number of nitrogens with zero attached hydrogens (tertiary/aromatic N) is 5. The first-order chi connectivity index (χ1) is 12.0. The lowest BCUT2D eigenvalue weighted by molar-refractivity contribution is -0.385. The summed E-state index contributed by atoms with van der Waals surface area (Å²) in [7, 11) is 0. The van der Waals surface area contributed by atoms with E-state index in [4.69, 9.17) is 9.47 Å². The average Bonchev–Trinajstić information content (AvgIpc) is 2.94. The molecule has 0 spiro atoms. The molecule has 0 aliphatic carbocycles. The Kier molecular flexibility index (Phi) is 6.34. The lowest BCUT2D eigenvalue weighted by atomic mass is 10.2. The van der Waals surface area contributed by atoms with Gasteiger partial charge in [-0.3, -0.25) is 10.1 Å². The second-order valence-electron chi connectivity index (χ2n) is 4.78. The van der Waals surface area contributed by atoms with Crippen LogP contribution in [-0.2, 0) is 0 Å². The van der Waals surface area contributed by atoms with Crippen molar-refractivity contribution in [1.29, 1.82) is 0 Å². The molecule has 2 rings (SSSR count). The molecular formula is C15H19N5O4S. The van der Waals surface area contributed by atoms with Crippen LogP contribution >= 0.6 is 11.8 Å². The van der Waals surface area contributed by atoms with Gasteiger partial charge in [0.15, 0.2) is 11.6 Å². The average molecular weight is 365 g/mol. The highest BCUT2D eigenvalue weighted by atomic mass is 32.2. The third-order valence-corrected chi connectivity index (χ3v) is 3.74.